The van der Waals surface area contributed by atoms with Crippen LogP contribution in [0.5, 0.6) is 0 Å². The highest BCUT2D eigenvalue weighted by atomic mass is 16.6. The summed E-state index contributed by atoms with van der Waals surface area (Å²) in [7, 11) is 2.74. The molecule has 232 valence electrons. The minimum absolute atomic E-state index is 0.0552. The first-order valence-corrected chi connectivity index (χ1v) is 15.2. The van der Waals surface area contributed by atoms with Crippen LogP contribution in [-0.4, -0.2) is 62.6 Å². The van der Waals surface area contributed by atoms with Gasteiger partial charge in [-0.15, -0.1) is 0 Å². The van der Waals surface area contributed by atoms with Gasteiger partial charge in [0.2, 0.25) is 0 Å². The van der Waals surface area contributed by atoms with Gasteiger partial charge in [-0.25, -0.2) is 4.79 Å². The van der Waals surface area contributed by atoms with E-state index in [1.165, 1.54) is 20.3 Å². The lowest BCUT2D eigenvalue weighted by Crippen LogP contribution is -2.37. The molecule has 3 aliphatic rings. The summed E-state index contributed by atoms with van der Waals surface area (Å²) in [5.74, 6) is -0.764. The first kappa shape index (κ1) is 33.5. The fraction of sp³-hybridized carbons (Fsp3) is 0.618. The van der Waals surface area contributed by atoms with Crippen molar-refractivity contribution >= 4 is 17.9 Å². The minimum Gasteiger partial charge on any atom is -0.469 e. The quantitative estimate of drug-likeness (QED) is 0.121. The number of esters is 3. The summed E-state index contributed by atoms with van der Waals surface area (Å²) in [6.45, 7) is 6.10. The highest BCUT2D eigenvalue weighted by Crippen LogP contribution is 2.33. The van der Waals surface area contributed by atoms with Crippen LogP contribution in [0.4, 0.5) is 0 Å². The van der Waals surface area contributed by atoms with Crippen LogP contribution in [-0.2, 0) is 38.1 Å². The summed E-state index contributed by atoms with van der Waals surface area (Å²) in [4.78, 5) is 36.7. The molecule has 0 amide bonds. The maximum absolute atomic E-state index is 13.2. The molecule has 0 aromatic carbocycles. The second-order valence-corrected chi connectivity index (χ2v) is 11.8. The monoisotopic (exact) mass is 584 g/mol. The molecule has 0 aromatic rings. The molecule has 42 heavy (non-hydrogen) atoms. The van der Waals surface area contributed by atoms with E-state index in [-0.39, 0.29) is 49.0 Å². The lowest BCUT2D eigenvalue weighted by molar-refractivity contribution is -0.154. The summed E-state index contributed by atoms with van der Waals surface area (Å²) < 4.78 is 28.5. The highest BCUT2D eigenvalue weighted by molar-refractivity contribution is 5.82. The topological polar surface area (TPSA) is 97.4 Å². The number of methoxy groups -OCH3 is 2. The molecule has 0 saturated carbocycles. The Morgan fingerprint density at radius 2 is 1.62 bits per heavy atom. The lowest BCUT2D eigenvalue weighted by Gasteiger charge is -2.37. The molecular formula is C34H48O8. The van der Waals surface area contributed by atoms with Gasteiger partial charge in [0.15, 0.2) is 0 Å². The van der Waals surface area contributed by atoms with Crippen molar-refractivity contribution < 1.29 is 38.1 Å². The summed E-state index contributed by atoms with van der Waals surface area (Å²) >= 11 is 0. The van der Waals surface area contributed by atoms with Crippen LogP contribution >= 0.6 is 0 Å². The molecule has 0 aliphatic carbocycles. The number of carbonyl (C=O) groups excluding carboxylic acids is 3. The number of hydrogen-bond donors (Lipinski definition) is 0. The van der Waals surface area contributed by atoms with Gasteiger partial charge >= 0.3 is 17.9 Å². The fourth-order valence-electron chi connectivity index (χ4n) is 5.75. The van der Waals surface area contributed by atoms with E-state index in [0.29, 0.717) is 18.8 Å². The van der Waals surface area contributed by atoms with Crippen LogP contribution in [0.3, 0.4) is 0 Å². The number of rotatable bonds is 6. The zero-order chi connectivity index (χ0) is 30.5. The van der Waals surface area contributed by atoms with E-state index < -0.39 is 18.2 Å². The Morgan fingerprint density at radius 3 is 2.36 bits per heavy atom. The van der Waals surface area contributed by atoms with Crippen LogP contribution in [0.1, 0.15) is 78.6 Å². The summed E-state index contributed by atoms with van der Waals surface area (Å²) in [5, 5.41) is 0. The average Bonchev–Trinajstić information content (AvgIpc) is 2.94. The van der Waals surface area contributed by atoms with Crippen molar-refractivity contribution in [1.82, 2.24) is 0 Å². The maximum Gasteiger partial charge on any atom is 0.330 e. The van der Waals surface area contributed by atoms with Crippen LogP contribution in [0.2, 0.25) is 0 Å². The molecule has 6 unspecified atom stereocenters. The van der Waals surface area contributed by atoms with Crippen molar-refractivity contribution in [3.63, 3.8) is 0 Å². The predicted molar refractivity (Wildman–Crippen MR) is 160 cm³/mol. The third kappa shape index (κ3) is 11.7. The fourth-order valence-corrected chi connectivity index (χ4v) is 5.75. The molecule has 2 saturated heterocycles. The minimum atomic E-state index is -0.474. The van der Waals surface area contributed by atoms with Crippen LogP contribution in [0, 0.1) is 11.8 Å². The van der Waals surface area contributed by atoms with Gasteiger partial charge < -0.3 is 23.7 Å². The Hall–Kier alpha value is -2.97. The zero-order valence-corrected chi connectivity index (χ0v) is 25.8. The van der Waals surface area contributed by atoms with Gasteiger partial charge in [-0.2, -0.15) is 0 Å². The summed E-state index contributed by atoms with van der Waals surface area (Å²) in [5.41, 5.74) is 1.80. The second-order valence-electron chi connectivity index (χ2n) is 11.8. The molecule has 7 atom stereocenters. The molecule has 8 nitrogen and oxygen atoms in total. The van der Waals surface area contributed by atoms with Gasteiger partial charge in [0.25, 0.3) is 0 Å². The highest BCUT2D eigenvalue weighted by Gasteiger charge is 2.33. The first-order valence-electron chi connectivity index (χ1n) is 15.2. The van der Waals surface area contributed by atoms with Gasteiger partial charge in [-0.3, -0.25) is 9.59 Å². The normalized spacial score (nSPS) is 33.4. The molecule has 4 bridgehead atoms. The summed E-state index contributed by atoms with van der Waals surface area (Å²) in [6.07, 6.45) is 20.7. The van der Waals surface area contributed by atoms with Crippen LogP contribution in [0.15, 0.2) is 59.8 Å². The number of fused-ring (bicyclic) bond motifs is 4. The van der Waals surface area contributed by atoms with E-state index in [9.17, 15) is 14.4 Å². The van der Waals surface area contributed by atoms with Gasteiger partial charge in [-0.1, -0.05) is 61.4 Å². The molecule has 3 aliphatic heterocycles. The van der Waals surface area contributed by atoms with E-state index in [1.807, 2.05) is 44.2 Å². The Morgan fingerprint density at radius 1 is 0.905 bits per heavy atom. The number of cyclic esters (lactones) is 1. The van der Waals surface area contributed by atoms with E-state index in [0.717, 1.165) is 43.3 Å². The third-order valence-electron chi connectivity index (χ3n) is 7.96. The molecule has 3 heterocycles. The lowest BCUT2D eigenvalue weighted by atomic mass is 9.89. The van der Waals surface area contributed by atoms with Crippen molar-refractivity contribution in [3.8, 4) is 0 Å². The molecule has 0 radical (unpaired) electrons. The zero-order valence-electron chi connectivity index (χ0n) is 25.8. The largest absolute Gasteiger partial charge is 0.469 e. The van der Waals surface area contributed by atoms with Crippen LogP contribution in [0.25, 0.3) is 0 Å². The second kappa shape index (κ2) is 17.2. The molecule has 2 fully saturated rings. The molecule has 0 spiro atoms. The van der Waals surface area contributed by atoms with Crippen molar-refractivity contribution in [2.45, 2.75) is 109 Å². The van der Waals surface area contributed by atoms with Crippen molar-refractivity contribution in [2.75, 3.05) is 14.2 Å². The summed E-state index contributed by atoms with van der Waals surface area (Å²) in [6, 6.07) is 0. The molecule has 0 aromatic heterocycles. The number of hydrogen-bond acceptors (Lipinski definition) is 8. The molecular weight excluding hydrogens is 536 g/mol. The van der Waals surface area contributed by atoms with Gasteiger partial charge in [-0.05, 0) is 57.4 Å². The van der Waals surface area contributed by atoms with Gasteiger partial charge in [0, 0.05) is 18.4 Å². The Bertz CT molecular complexity index is 1070. The van der Waals surface area contributed by atoms with E-state index >= 15 is 0 Å². The predicted octanol–water partition coefficient (Wildman–Crippen LogP) is 6.12. The Balaban J connectivity index is 1.80. The van der Waals surface area contributed by atoms with Gasteiger partial charge in [0.1, 0.15) is 6.10 Å². The number of carbonyl (C=O) groups is 3. The van der Waals surface area contributed by atoms with E-state index in [4.69, 9.17) is 23.7 Å². The number of allylic oxidation sites excluding steroid dienone is 5. The van der Waals surface area contributed by atoms with Crippen molar-refractivity contribution in [2.24, 2.45) is 11.8 Å². The average molecular weight is 585 g/mol. The van der Waals surface area contributed by atoms with Crippen molar-refractivity contribution in [1.29, 1.82) is 0 Å². The third-order valence-corrected chi connectivity index (χ3v) is 7.96. The molecule has 3 rings (SSSR count). The van der Waals surface area contributed by atoms with Crippen LogP contribution < -0.4 is 0 Å². The Kier molecular flexibility index (Phi) is 13.7. The SMILES string of the molecule is COC(=O)/C=C1\CC2CC(=O)OC(/C=C/C=C\C=C(/C)CC(=O)OC)C(C)/C=C/[C@H](C)CC3CCCC(CC(C1)O2)O3. The standard InChI is InChI=1S/C34H48O8/c1-23(17-32(35)38-4)10-7-6-8-13-31-25(3)15-14-24(2)16-27-11-9-12-28(40-27)21-29-18-26(20-33(36)39-5)19-30(41-29)22-34(37)42-31/h6-8,10,13-15,20,24-25,27-31H,9,11-12,16-19,21-22H2,1-5H3/b7-6-,13-8+,15-14+,23-10+,26-20-/t24-,25?,27?,28?,29?,30?,31?/m0/s1. The molecule has 0 N–H and O–H groups in total. The Labute approximate surface area is 250 Å². The molecule has 8 heteroatoms. The van der Waals surface area contributed by atoms with E-state index in [2.05, 4.69) is 19.1 Å². The first-order chi connectivity index (χ1) is 20.1. The van der Waals surface area contributed by atoms with Gasteiger partial charge in [0.05, 0.1) is 51.5 Å². The van der Waals surface area contributed by atoms with E-state index in [1.54, 1.807) is 0 Å². The smallest absolute Gasteiger partial charge is 0.330 e. The maximum atomic E-state index is 13.2. The van der Waals surface area contributed by atoms with Crippen molar-refractivity contribution in [3.05, 3.63) is 59.8 Å². The number of ether oxygens (including phenoxy) is 5.